The van der Waals surface area contributed by atoms with E-state index in [4.69, 9.17) is 0 Å². The Hall–Kier alpha value is -0.810. The Morgan fingerprint density at radius 1 is 1.35 bits per heavy atom. The third-order valence-corrected chi connectivity index (χ3v) is 4.42. The molecule has 0 bridgehead atoms. The lowest BCUT2D eigenvalue weighted by Crippen LogP contribution is -2.19. The molecule has 5 heteroatoms. The van der Waals surface area contributed by atoms with Gasteiger partial charge in [0.1, 0.15) is 0 Å². The van der Waals surface area contributed by atoms with Crippen LogP contribution < -0.4 is 5.32 Å². The molecule has 0 aliphatic rings. The van der Waals surface area contributed by atoms with E-state index in [1.165, 1.54) is 0 Å². The number of nitrogens with zero attached hydrogens (tertiary/aromatic N) is 1. The van der Waals surface area contributed by atoms with Crippen molar-refractivity contribution in [1.82, 2.24) is 9.88 Å². The molecular formula is C12H22N2O2S. The Morgan fingerprint density at radius 2 is 2.12 bits per heavy atom. The molecule has 1 aromatic heterocycles. The molecule has 98 valence electrons. The van der Waals surface area contributed by atoms with Crippen molar-refractivity contribution in [3.63, 3.8) is 0 Å². The number of nitrogens with one attached hydrogen (secondary N) is 1. The van der Waals surface area contributed by atoms with Gasteiger partial charge in [-0.25, -0.2) is 8.42 Å². The minimum Gasteiger partial charge on any atom is -0.349 e. The van der Waals surface area contributed by atoms with E-state index in [1.807, 2.05) is 22.9 Å². The Morgan fingerprint density at radius 3 is 2.76 bits per heavy atom. The van der Waals surface area contributed by atoms with Gasteiger partial charge in [0, 0.05) is 30.7 Å². The zero-order valence-corrected chi connectivity index (χ0v) is 11.5. The van der Waals surface area contributed by atoms with Crippen LogP contribution in [-0.2, 0) is 22.9 Å². The standard InChI is InChI=1S/C12H22N2O2S/c1-3-7-13-11-12-6-5-8-14(12)9-10-17(15,16)4-2/h5-6,8,13H,3-4,7,9-11H2,1-2H3. The van der Waals surface area contributed by atoms with E-state index >= 15 is 0 Å². The normalized spacial score (nSPS) is 11.9. The highest BCUT2D eigenvalue weighted by molar-refractivity contribution is 7.91. The van der Waals surface area contributed by atoms with Crippen LogP contribution in [0.3, 0.4) is 0 Å². The van der Waals surface area contributed by atoms with Gasteiger partial charge in [-0.3, -0.25) is 0 Å². The first-order valence-electron chi connectivity index (χ1n) is 6.14. The molecule has 1 aromatic rings. The monoisotopic (exact) mass is 258 g/mol. The van der Waals surface area contributed by atoms with Crippen molar-refractivity contribution in [3.8, 4) is 0 Å². The number of aryl methyl sites for hydroxylation is 1. The Kier molecular flexibility index (Phi) is 5.71. The van der Waals surface area contributed by atoms with Crippen molar-refractivity contribution in [2.75, 3.05) is 18.1 Å². The molecule has 0 radical (unpaired) electrons. The largest absolute Gasteiger partial charge is 0.349 e. The predicted molar refractivity (Wildman–Crippen MR) is 70.8 cm³/mol. The van der Waals surface area contributed by atoms with E-state index in [0.717, 1.165) is 25.2 Å². The van der Waals surface area contributed by atoms with Crippen molar-refractivity contribution in [2.45, 2.75) is 33.4 Å². The van der Waals surface area contributed by atoms with Gasteiger partial charge in [-0.2, -0.15) is 0 Å². The van der Waals surface area contributed by atoms with Gasteiger partial charge in [0.15, 0.2) is 9.84 Å². The summed E-state index contributed by atoms with van der Waals surface area (Å²) in [5, 5.41) is 3.32. The molecule has 0 fully saturated rings. The highest BCUT2D eigenvalue weighted by Gasteiger charge is 2.08. The molecule has 0 aliphatic heterocycles. The molecule has 0 saturated heterocycles. The molecule has 0 amide bonds. The molecule has 1 N–H and O–H groups in total. The summed E-state index contributed by atoms with van der Waals surface area (Å²) in [4.78, 5) is 0. The van der Waals surface area contributed by atoms with Gasteiger partial charge < -0.3 is 9.88 Å². The number of rotatable bonds is 8. The van der Waals surface area contributed by atoms with Gasteiger partial charge in [0.2, 0.25) is 0 Å². The second-order valence-electron chi connectivity index (χ2n) is 4.11. The molecular weight excluding hydrogens is 236 g/mol. The predicted octanol–water partition coefficient (Wildman–Crippen LogP) is 1.42. The third kappa shape index (κ3) is 4.91. The molecule has 0 aromatic carbocycles. The quantitative estimate of drug-likeness (QED) is 0.718. The first-order valence-corrected chi connectivity index (χ1v) is 7.96. The van der Waals surface area contributed by atoms with Crippen LogP contribution in [0.2, 0.25) is 0 Å². The van der Waals surface area contributed by atoms with Gasteiger partial charge in [-0.15, -0.1) is 0 Å². The van der Waals surface area contributed by atoms with E-state index in [1.54, 1.807) is 6.92 Å². The summed E-state index contributed by atoms with van der Waals surface area (Å²) >= 11 is 0. The summed E-state index contributed by atoms with van der Waals surface area (Å²) in [7, 11) is -2.88. The van der Waals surface area contributed by atoms with Gasteiger partial charge in [-0.1, -0.05) is 13.8 Å². The number of sulfone groups is 1. The Bertz CT molecular complexity index is 423. The van der Waals surface area contributed by atoms with Crippen LogP contribution in [0.5, 0.6) is 0 Å². The molecule has 0 saturated carbocycles. The van der Waals surface area contributed by atoms with Crippen molar-refractivity contribution in [3.05, 3.63) is 24.0 Å². The minimum atomic E-state index is -2.88. The van der Waals surface area contributed by atoms with Crippen LogP contribution in [-0.4, -0.2) is 31.0 Å². The molecule has 0 atom stereocenters. The zero-order chi connectivity index (χ0) is 12.7. The van der Waals surface area contributed by atoms with Crippen LogP contribution in [0, 0.1) is 0 Å². The van der Waals surface area contributed by atoms with E-state index in [0.29, 0.717) is 6.54 Å². The maximum Gasteiger partial charge on any atom is 0.151 e. The molecule has 17 heavy (non-hydrogen) atoms. The van der Waals surface area contributed by atoms with Gasteiger partial charge in [0.25, 0.3) is 0 Å². The summed E-state index contributed by atoms with van der Waals surface area (Å²) in [5.41, 5.74) is 1.14. The van der Waals surface area contributed by atoms with Crippen LogP contribution in [0.1, 0.15) is 26.0 Å². The Labute approximate surface area is 104 Å². The summed E-state index contributed by atoms with van der Waals surface area (Å²) < 4.78 is 24.9. The lowest BCUT2D eigenvalue weighted by molar-refractivity contribution is 0.583. The zero-order valence-electron chi connectivity index (χ0n) is 10.6. The van der Waals surface area contributed by atoms with Crippen molar-refractivity contribution >= 4 is 9.84 Å². The van der Waals surface area contributed by atoms with Crippen LogP contribution in [0.25, 0.3) is 0 Å². The SMILES string of the molecule is CCCNCc1cccn1CCS(=O)(=O)CC. The second-order valence-corrected chi connectivity index (χ2v) is 6.58. The van der Waals surface area contributed by atoms with Crippen LogP contribution >= 0.6 is 0 Å². The van der Waals surface area contributed by atoms with Crippen molar-refractivity contribution in [1.29, 1.82) is 0 Å². The molecule has 1 heterocycles. The summed E-state index contributed by atoms with van der Waals surface area (Å²) in [5.74, 6) is 0.441. The van der Waals surface area contributed by atoms with Gasteiger partial charge in [-0.05, 0) is 25.1 Å². The van der Waals surface area contributed by atoms with E-state index < -0.39 is 9.84 Å². The van der Waals surface area contributed by atoms with Gasteiger partial charge in [0.05, 0.1) is 5.75 Å². The van der Waals surface area contributed by atoms with E-state index in [-0.39, 0.29) is 11.5 Å². The maximum atomic E-state index is 11.4. The second kappa shape index (κ2) is 6.81. The van der Waals surface area contributed by atoms with Crippen LogP contribution in [0.15, 0.2) is 18.3 Å². The number of aromatic nitrogens is 1. The number of hydrogen-bond donors (Lipinski definition) is 1. The number of hydrogen-bond acceptors (Lipinski definition) is 3. The lowest BCUT2D eigenvalue weighted by Gasteiger charge is -2.09. The first-order chi connectivity index (χ1) is 8.09. The van der Waals surface area contributed by atoms with E-state index in [9.17, 15) is 8.42 Å². The van der Waals surface area contributed by atoms with Crippen molar-refractivity contribution < 1.29 is 8.42 Å². The average Bonchev–Trinajstić information content (AvgIpc) is 2.75. The maximum absolute atomic E-state index is 11.4. The van der Waals surface area contributed by atoms with E-state index in [2.05, 4.69) is 12.2 Å². The lowest BCUT2D eigenvalue weighted by atomic mass is 10.4. The first kappa shape index (κ1) is 14.3. The van der Waals surface area contributed by atoms with Crippen molar-refractivity contribution in [2.24, 2.45) is 0 Å². The highest BCUT2D eigenvalue weighted by atomic mass is 32.2. The minimum absolute atomic E-state index is 0.220. The summed E-state index contributed by atoms with van der Waals surface area (Å²) in [6.45, 7) is 6.15. The van der Waals surface area contributed by atoms with Crippen LogP contribution in [0.4, 0.5) is 0 Å². The molecule has 0 aliphatic carbocycles. The Balaban J connectivity index is 2.51. The average molecular weight is 258 g/mol. The summed E-state index contributed by atoms with van der Waals surface area (Å²) in [6, 6.07) is 3.99. The topological polar surface area (TPSA) is 51.1 Å². The third-order valence-electron chi connectivity index (χ3n) is 2.74. The fraction of sp³-hybridized carbons (Fsp3) is 0.667. The molecule has 0 spiro atoms. The fourth-order valence-electron chi connectivity index (χ4n) is 1.60. The smallest absolute Gasteiger partial charge is 0.151 e. The molecule has 4 nitrogen and oxygen atoms in total. The fourth-order valence-corrected chi connectivity index (χ4v) is 2.37. The molecule has 0 unspecified atom stereocenters. The molecule has 1 rings (SSSR count). The summed E-state index contributed by atoms with van der Waals surface area (Å²) in [6.07, 6.45) is 3.04. The highest BCUT2D eigenvalue weighted by Crippen LogP contribution is 2.03. The van der Waals surface area contributed by atoms with Gasteiger partial charge >= 0.3 is 0 Å².